The van der Waals surface area contributed by atoms with Crippen molar-refractivity contribution in [3.63, 3.8) is 0 Å². The maximum Gasteiger partial charge on any atom is 0.258 e. The summed E-state index contributed by atoms with van der Waals surface area (Å²) in [6.07, 6.45) is 3.38. The van der Waals surface area contributed by atoms with Gasteiger partial charge in [0.05, 0.1) is 23.1 Å². The number of aromatic amines is 1. The van der Waals surface area contributed by atoms with Crippen molar-refractivity contribution in [1.29, 1.82) is 0 Å². The van der Waals surface area contributed by atoms with Gasteiger partial charge >= 0.3 is 0 Å². The topological polar surface area (TPSA) is 70.7 Å². The highest BCUT2D eigenvalue weighted by Gasteiger charge is 2.11. The van der Waals surface area contributed by atoms with Crippen molar-refractivity contribution in [1.82, 2.24) is 15.0 Å². The molecule has 0 amide bonds. The molecule has 5 nitrogen and oxygen atoms in total. The van der Waals surface area contributed by atoms with Crippen LogP contribution in [0.1, 0.15) is 5.69 Å². The number of hydrogen-bond acceptors (Lipinski definition) is 4. The number of halogens is 1. The molecule has 0 aliphatic heterocycles. The highest BCUT2D eigenvalue weighted by Crippen LogP contribution is 2.29. The minimum absolute atomic E-state index is 0.139. The fraction of sp³-hybridized carbons (Fsp3) is 0.0556. The number of hydrogen-bond donors (Lipinski definition) is 2. The minimum atomic E-state index is -0.139. The maximum atomic E-state index is 12.3. The van der Waals surface area contributed by atoms with E-state index in [1.54, 1.807) is 12.4 Å². The molecule has 6 heteroatoms. The zero-order chi connectivity index (χ0) is 16.5. The molecule has 118 valence electrons. The minimum Gasteiger partial charge on any atom is -0.364 e. The molecule has 0 saturated heterocycles. The zero-order valence-electron chi connectivity index (χ0n) is 12.6. The van der Waals surface area contributed by atoms with Crippen LogP contribution < -0.4 is 10.9 Å². The smallest absolute Gasteiger partial charge is 0.258 e. The highest BCUT2D eigenvalue weighted by molar-refractivity contribution is 9.10. The molecule has 4 rings (SSSR count). The molecule has 3 heterocycles. The normalized spacial score (nSPS) is 11.0. The van der Waals surface area contributed by atoms with Crippen LogP contribution >= 0.6 is 15.9 Å². The van der Waals surface area contributed by atoms with Gasteiger partial charge in [0.2, 0.25) is 0 Å². The fourth-order valence-electron chi connectivity index (χ4n) is 2.74. The summed E-state index contributed by atoms with van der Waals surface area (Å²) in [5.41, 5.74) is 1.45. The molecule has 0 spiro atoms. The molecule has 0 saturated carbocycles. The number of fused-ring (bicyclic) bond motifs is 3. The second-order valence-corrected chi connectivity index (χ2v) is 6.31. The third-order valence-corrected chi connectivity index (χ3v) is 4.33. The summed E-state index contributed by atoms with van der Waals surface area (Å²) >= 11 is 3.48. The van der Waals surface area contributed by atoms with Gasteiger partial charge in [0.15, 0.2) is 0 Å². The summed E-state index contributed by atoms with van der Waals surface area (Å²) in [6.45, 7) is 0.563. The van der Waals surface area contributed by atoms with E-state index in [1.807, 2.05) is 42.5 Å². The predicted molar refractivity (Wildman–Crippen MR) is 99.1 cm³/mol. The number of anilines is 1. The second kappa shape index (κ2) is 6.05. The first kappa shape index (κ1) is 14.8. The van der Waals surface area contributed by atoms with Gasteiger partial charge in [0.1, 0.15) is 5.82 Å². The van der Waals surface area contributed by atoms with Gasteiger partial charge in [-0.05, 0) is 36.4 Å². The van der Waals surface area contributed by atoms with Crippen LogP contribution in [0.15, 0.2) is 64.1 Å². The van der Waals surface area contributed by atoms with Crippen molar-refractivity contribution >= 4 is 43.4 Å². The van der Waals surface area contributed by atoms with Crippen LogP contribution in [-0.2, 0) is 6.54 Å². The van der Waals surface area contributed by atoms with Crippen molar-refractivity contribution in [2.45, 2.75) is 6.54 Å². The standard InChI is InChI=1S/C18H13BrN4O/c19-11-4-5-13-14(9-11)16-15(6-8-21-18(16)24)23-17(13)22-10-12-3-1-2-7-20-12/h1-9H,10H2,(H,21,24)(H,22,23). The van der Waals surface area contributed by atoms with Crippen molar-refractivity contribution in [3.8, 4) is 0 Å². The Labute approximate surface area is 145 Å². The van der Waals surface area contributed by atoms with E-state index in [0.717, 1.165) is 26.8 Å². The predicted octanol–water partition coefficient (Wildman–Crippen LogP) is 3.85. The van der Waals surface area contributed by atoms with Crippen molar-refractivity contribution < 1.29 is 0 Å². The largest absolute Gasteiger partial charge is 0.364 e. The van der Waals surface area contributed by atoms with Gasteiger partial charge < -0.3 is 10.3 Å². The van der Waals surface area contributed by atoms with Gasteiger partial charge in [-0.3, -0.25) is 9.78 Å². The lowest BCUT2D eigenvalue weighted by Crippen LogP contribution is -2.09. The van der Waals surface area contributed by atoms with E-state index >= 15 is 0 Å². The molecule has 0 aliphatic carbocycles. The molecule has 24 heavy (non-hydrogen) atoms. The van der Waals surface area contributed by atoms with E-state index in [0.29, 0.717) is 17.4 Å². The number of nitrogens with zero attached hydrogens (tertiary/aromatic N) is 2. The molecule has 0 radical (unpaired) electrons. The summed E-state index contributed by atoms with van der Waals surface area (Å²) in [5.74, 6) is 0.737. The first-order valence-corrected chi connectivity index (χ1v) is 8.26. The lowest BCUT2D eigenvalue weighted by molar-refractivity contribution is 1.04. The number of pyridine rings is 3. The number of aromatic nitrogens is 3. The lowest BCUT2D eigenvalue weighted by atomic mass is 10.1. The fourth-order valence-corrected chi connectivity index (χ4v) is 3.10. The monoisotopic (exact) mass is 380 g/mol. The molecule has 0 aliphatic rings. The lowest BCUT2D eigenvalue weighted by Gasteiger charge is -2.11. The zero-order valence-corrected chi connectivity index (χ0v) is 14.2. The summed E-state index contributed by atoms with van der Waals surface area (Å²) in [5, 5.41) is 5.69. The molecule has 0 fully saturated rings. The molecule has 3 aromatic heterocycles. The van der Waals surface area contributed by atoms with Gasteiger partial charge in [0, 0.05) is 27.6 Å². The summed E-state index contributed by atoms with van der Waals surface area (Å²) in [7, 11) is 0. The average molecular weight is 381 g/mol. The Kier molecular flexibility index (Phi) is 3.74. The van der Waals surface area contributed by atoms with Crippen molar-refractivity contribution in [2.75, 3.05) is 5.32 Å². The Hall–Kier alpha value is -2.73. The van der Waals surface area contributed by atoms with E-state index in [9.17, 15) is 4.79 Å². The Morgan fingerprint density at radius 2 is 2.04 bits per heavy atom. The number of rotatable bonds is 3. The molecule has 2 N–H and O–H groups in total. The second-order valence-electron chi connectivity index (χ2n) is 5.39. The molecule has 4 aromatic rings. The third kappa shape index (κ3) is 2.65. The molecule has 1 aromatic carbocycles. The molecular formula is C18H13BrN4O. The first-order chi connectivity index (χ1) is 11.7. The van der Waals surface area contributed by atoms with Gasteiger partial charge in [-0.25, -0.2) is 4.98 Å². The average Bonchev–Trinajstić information content (AvgIpc) is 2.60. The van der Waals surface area contributed by atoms with E-state index in [2.05, 4.69) is 36.2 Å². The maximum absolute atomic E-state index is 12.3. The van der Waals surface area contributed by atoms with Gasteiger partial charge in [-0.15, -0.1) is 0 Å². The Balaban J connectivity index is 1.89. The Morgan fingerprint density at radius 1 is 1.12 bits per heavy atom. The molecular weight excluding hydrogens is 368 g/mol. The van der Waals surface area contributed by atoms with Crippen LogP contribution in [0.4, 0.5) is 5.82 Å². The first-order valence-electron chi connectivity index (χ1n) is 7.47. The van der Waals surface area contributed by atoms with E-state index in [4.69, 9.17) is 0 Å². The van der Waals surface area contributed by atoms with E-state index in [-0.39, 0.29) is 5.56 Å². The van der Waals surface area contributed by atoms with Gasteiger partial charge in [-0.1, -0.05) is 22.0 Å². The number of H-pyrrole nitrogens is 1. The number of nitrogens with one attached hydrogen (secondary N) is 2. The summed E-state index contributed by atoms with van der Waals surface area (Å²) in [4.78, 5) is 23.9. The van der Waals surface area contributed by atoms with Gasteiger partial charge in [-0.2, -0.15) is 0 Å². The SMILES string of the molecule is O=c1[nH]ccc2nc(NCc3ccccn3)c3ccc(Br)cc3c12. The quantitative estimate of drug-likeness (QED) is 0.529. The van der Waals surface area contributed by atoms with Crippen molar-refractivity contribution in [3.05, 3.63) is 75.4 Å². The van der Waals surface area contributed by atoms with Crippen LogP contribution in [0, 0.1) is 0 Å². The summed E-state index contributed by atoms with van der Waals surface area (Å²) in [6, 6.07) is 13.4. The van der Waals surface area contributed by atoms with Crippen LogP contribution in [0.5, 0.6) is 0 Å². The molecule has 0 unspecified atom stereocenters. The van der Waals surface area contributed by atoms with E-state index < -0.39 is 0 Å². The third-order valence-electron chi connectivity index (χ3n) is 3.84. The molecule has 0 bridgehead atoms. The van der Waals surface area contributed by atoms with Crippen molar-refractivity contribution in [2.24, 2.45) is 0 Å². The van der Waals surface area contributed by atoms with E-state index in [1.165, 1.54) is 0 Å². The summed E-state index contributed by atoms with van der Waals surface area (Å²) < 4.78 is 0.918. The van der Waals surface area contributed by atoms with Crippen LogP contribution in [0.3, 0.4) is 0 Å². The van der Waals surface area contributed by atoms with Crippen LogP contribution in [0.25, 0.3) is 21.7 Å². The Morgan fingerprint density at radius 3 is 2.88 bits per heavy atom. The van der Waals surface area contributed by atoms with Gasteiger partial charge in [0.25, 0.3) is 5.56 Å². The van der Waals surface area contributed by atoms with Crippen LogP contribution in [-0.4, -0.2) is 15.0 Å². The molecule has 0 atom stereocenters. The Bertz CT molecular complexity index is 1090. The van der Waals surface area contributed by atoms with Crippen LogP contribution in [0.2, 0.25) is 0 Å². The number of benzene rings is 1. The highest BCUT2D eigenvalue weighted by atomic mass is 79.9.